The van der Waals surface area contributed by atoms with E-state index in [1.54, 1.807) is 16.7 Å². The summed E-state index contributed by atoms with van der Waals surface area (Å²) in [6.07, 6.45) is 8.37. The molecule has 156 valence electrons. The summed E-state index contributed by atoms with van der Waals surface area (Å²) < 4.78 is 0. The van der Waals surface area contributed by atoms with Crippen LogP contribution in [0.15, 0.2) is 48.5 Å². The minimum Gasteiger partial charge on any atom is -0.339 e. The van der Waals surface area contributed by atoms with Gasteiger partial charge in [-0.2, -0.15) is 0 Å². The lowest BCUT2D eigenvalue weighted by molar-refractivity contribution is -0.125. The van der Waals surface area contributed by atoms with Gasteiger partial charge in [0.2, 0.25) is 5.91 Å². The number of aryl methyl sites for hydroxylation is 1. The number of benzene rings is 2. The van der Waals surface area contributed by atoms with Crippen LogP contribution in [-0.4, -0.2) is 36.1 Å². The van der Waals surface area contributed by atoms with Gasteiger partial charge >= 0.3 is 0 Å². The van der Waals surface area contributed by atoms with Gasteiger partial charge in [0.1, 0.15) is 5.54 Å². The van der Waals surface area contributed by atoms with E-state index in [9.17, 15) is 4.79 Å². The molecule has 0 saturated carbocycles. The number of amides is 1. The van der Waals surface area contributed by atoms with Crippen molar-refractivity contribution in [3.05, 3.63) is 65.2 Å². The molecule has 4 aliphatic rings. The third kappa shape index (κ3) is 2.73. The van der Waals surface area contributed by atoms with Gasteiger partial charge in [-0.1, -0.05) is 36.4 Å². The van der Waals surface area contributed by atoms with Crippen molar-refractivity contribution in [2.45, 2.75) is 62.4 Å². The van der Waals surface area contributed by atoms with Crippen molar-refractivity contribution >= 4 is 11.6 Å². The molecule has 2 atom stereocenters. The quantitative estimate of drug-likeness (QED) is 0.812. The molecule has 2 aromatic rings. The maximum Gasteiger partial charge on any atom is 0.247 e. The Morgan fingerprint density at radius 2 is 1.77 bits per heavy atom. The van der Waals surface area contributed by atoms with Gasteiger partial charge < -0.3 is 10.2 Å². The predicted molar refractivity (Wildman–Crippen MR) is 120 cm³/mol. The minimum absolute atomic E-state index is 0.215. The molecule has 2 fully saturated rings. The molecule has 2 heterocycles. The van der Waals surface area contributed by atoms with E-state index >= 15 is 0 Å². The highest BCUT2D eigenvalue weighted by molar-refractivity contribution is 5.93. The smallest absolute Gasteiger partial charge is 0.247 e. The topological polar surface area (TPSA) is 35.6 Å². The molecule has 6 rings (SSSR count). The van der Waals surface area contributed by atoms with Crippen molar-refractivity contribution in [3.8, 4) is 0 Å². The highest BCUT2D eigenvalue weighted by Gasteiger charge is 2.51. The summed E-state index contributed by atoms with van der Waals surface area (Å²) in [5.74, 6) is 0.998. The monoisotopic (exact) mass is 401 g/mol. The van der Waals surface area contributed by atoms with E-state index < -0.39 is 0 Å². The van der Waals surface area contributed by atoms with E-state index in [1.165, 1.54) is 32.1 Å². The van der Waals surface area contributed by atoms with E-state index in [1.807, 2.05) is 6.07 Å². The fraction of sp³-hybridized carbons (Fsp3) is 0.500. The molecule has 4 heteroatoms. The molecule has 0 bridgehead atoms. The summed E-state index contributed by atoms with van der Waals surface area (Å²) >= 11 is 0. The van der Waals surface area contributed by atoms with Gasteiger partial charge in [0, 0.05) is 24.8 Å². The van der Waals surface area contributed by atoms with Crippen LogP contribution in [0, 0.1) is 0 Å². The van der Waals surface area contributed by atoms with Crippen molar-refractivity contribution in [1.29, 1.82) is 0 Å². The molecular formula is C26H31N3O. The lowest BCUT2D eigenvalue weighted by Gasteiger charge is -2.47. The van der Waals surface area contributed by atoms with Gasteiger partial charge in [-0.3, -0.25) is 9.69 Å². The number of nitrogens with one attached hydrogen (secondary N) is 1. The average molecular weight is 402 g/mol. The first-order valence-corrected chi connectivity index (χ1v) is 11.7. The maximum atomic E-state index is 13.0. The Hall–Kier alpha value is -2.33. The second-order valence-corrected chi connectivity index (χ2v) is 9.60. The Labute approximate surface area is 179 Å². The average Bonchev–Trinajstić information content (AvgIpc) is 3.11. The molecule has 4 nitrogen and oxygen atoms in total. The zero-order valence-electron chi connectivity index (χ0n) is 17.6. The summed E-state index contributed by atoms with van der Waals surface area (Å²) in [5.41, 5.74) is 5.65. The highest BCUT2D eigenvalue weighted by atomic mass is 16.2. The first-order valence-electron chi connectivity index (χ1n) is 11.7. The first kappa shape index (κ1) is 18.4. The highest BCUT2D eigenvalue weighted by Crippen LogP contribution is 2.48. The first-order chi connectivity index (χ1) is 14.8. The normalized spacial score (nSPS) is 27.7. The van der Waals surface area contributed by atoms with Crippen LogP contribution in [0.3, 0.4) is 0 Å². The minimum atomic E-state index is -0.384. The lowest BCUT2D eigenvalue weighted by Crippen LogP contribution is -2.57. The predicted octanol–water partition coefficient (Wildman–Crippen LogP) is 4.37. The van der Waals surface area contributed by atoms with Crippen LogP contribution >= 0.6 is 0 Å². The second-order valence-electron chi connectivity index (χ2n) is 9.60. The molecule has 30 heavy (non-hydrogen) atoms. The largest absolute Gasteiger partial charge is 0.339 e. The van der Waals surface area contributed by atoms with Gasteiger partial charge in [0.05, 0.1) is 6.67 Å². The summed E-state index contributed by atoms with van der Waals surface area (Å²) in [5, 5.41) is 3.14. The van der Waals surface area contributed by atoms with Crippen LogP contribution in [0.5, 0.6) is 0 Å². The van der Waals surface area contributed by atoms with Gasteiger partial charge in [-0.15, -0.1) is 0 Å². The Balaban J connectivity index is 1.26. The van der Waals surface area contributed by atoms with Gasteiger partial charge in [-0.05, 0) is 79.7 Å². The molecule has 2 aliphatic heterocycles. The summed E-state index contributed by atoms with van der Waals surface area (Å²) in [6, 6.07) is 18.0. The van der Waals surface area contributed by atoms with Crippen molar-refractivity contribution in [3.63, 3.8) is 0 Å². The number of nitrogens with zero attached hydrogens (tertiary/aromatic N) is 2. The lowest BCUT2D eigenvalue weighted by atomic mass is 9.71. The van der Waals surface area contributed by atoms with E-state index in [4.69, 9.17) is 0 Å². The molecule has 0 radical (unpaired) electrons. The maximum absolute atomic E-state index is 13.0. The number of piperidine rings is 1. The number of hydrogen-bond acceptors (Lipinski definition) is 3. The third-order valence-corrected chi connectivity index (χ3v) is 8.26. The SMILES string of the molecule is O=C1NCN(c2ccccc2)C12CCN([C@H]1CC[C@@H]3CCCc4cccc1c43)CC2. The number of carbonyl (C=O) groups is 1. The Morgan fingerprint density at radius 1 is 0.933 bits per heavy atom. The van der Waals surface area contributed by atoms with Crippen molar-refractivity contribution < 1.29 is 4.79 Å². The molecule has 2 saturated heterocycles. The standard InChI is InChI=1S/C26H31N3O/c30-25-26(29(18-27-25)21-9-2-1-3-10-21)14-16-28(17-15-26)23-13-12-20-7-4-6-19-8-5-11-22(23)24(19)20/h1-3,5,8-11,20,23H,4,6-7,12-18H2,(H,27,30)/t20-,23-/m0/s1. The number of hydrogen-bond donors (Lipinski definition) is 1. The Bertz CT molecular complexity index is 948. The summed E-state index contributed by atoms with van der Waals surface area (Å²) in [7, 11) is 0. The second kappa shape index (κ2) is 7.12. The van der Waals surface area contributed by atoms with Crippen LogP contribution in [0.2, 0.25) is 0 Å². The Morgan fingerprint density at radius 3 is 2.60 bits per heavy atom. The van der Waals surface area contributed by atoms with Gasteiger partial charge in [0.15, 0.2) is 0 Å². The van der Waals surface area contributed by atoms with Crippen molar-refractivity contribution in [2.24, 2.45) is 0 Å². The number of anilines is 1. The number of rotatable bonds is 2. The molecule has 2 aliphatic carbocycles. The van der Waals surface area contributed by atoms with Gasteiger partial charge in [-0.25, -0.2) is 0 Å². The third-order valence-electron chi connectivity index (χ3n) is 8.26. The van der Waals surface area contributed by atoms with Crippen molar-refractivity contribution in [1.82, 2.24) is 10.2 Å². The van der Waals surface area contributed by atoms with Crippen LogP contribution < -0.4 is 10.2 Å². The fourth-order valence-electron chi connectivity index (χ4n) is 6.74. The zero-order valence-corrected chi connectivity index (χ0v) is 17.6. The molecule has 1 spiro atoms. The van der Waals surface area contributed by atoms with Crippen LogP contribution in [0.4, 0.5) is 5.69 Å². The van der Waals surface area contributed by atoms with E-state index in [0.717, 1.165) is 37.5 Å². The summed E-state index contributed by atoms with van der Waals surface area (Å²) in [4.78, 5) is 18.0. The fourth-order valence-corrected chi connectivity index (χ4v) is 6.74. The van der Waals surface area contributed by atoms with Gasteiger partial charge in [0.25, 0.3) is 0 Å². The van der Waals surface area contributed by atoms with E-state index in [2.05, 4.69) is 57.6 Å². The van der Waals surface area contributed by atoms with Crippen LogP contribution in [-0.2, 0) is 11.2 Å². The van der Waals surface area contributed by atoms with Crippen LogP contribution in [0.1, 0.15) is 67.2 Å². The number of para-hydroxylation sites is 1. The van der Waals surface area contributed by atoms with Crippen molar-refractivity contribution in [2.75, 3.05) is 24.7 Å². The molecule has 0 unspecified atom stereocenters. The number of carbonyl (C=O) groups excluding carboxylic acids is 1. The van der Waals surface area contributed by atoms with E-state index in [0.29, 0.717) is 12.7 Å². The molecule has 1 N–H and O–H groups in total. The Kier molecular flexibility index (Phi) is 4.38. The number of likely N-dealkylation sites (tertiary alicyclic amines) is 1. The zero-order chi connectivity index (χ0) is 20.1. The molecule has 0 aromatic heterocycles. The van der Waals surface area contributed by atoms with Crippen LogP contribution in [0.25, 0.3) is 0 Å². The molecular weight excluding hydrogens is 370 g/mol. The van der Waals surface area contributed by atoms with E-state index in [-0.39, 0.29) is 11.4 Å². The molecule has 1 amide bonds. The molecule has 2 aromatic carbocycles. The summed E-state index contributed by atoms with van der Waals surface area (Å²) in [6.45, 7) is 2.62.